The second kappa shape index (κ2) is 7.33. The summed E-state index contributed by atoms with van der Waals surface area (Å²) >= 11 is 6.22. The van der Waals surface area contributed by atoms with Gasteiger partial charge >= 0.3 is 0 Å². The lowest BCUT2D eigenvalue weighted by atomic mass is 9.90. The molecular formula is C18H23ClN4. The van der Waals surface area contributed by atoms with E-state index in [4.69, 9.17) is 11.6 Å². The number of hydrogen-bond acceptors (Lipinski definition) is 4. The van der Waals surface area contributed by atoms with Crippen LogP contribution in [0.25, 0.3) is 0 Å². The molecular weight excluding hydrogens is 308 g/mol. The lowest BCUT2D eigenvalue weighted by molar-refractivity contribution is 0.141. The summed E-state index contributed by atoms with van der Waals surface area (Å²) in [6.07, 6.45) is 9.29. The summed E-state index contributed by atoms with van der Waals surface area (Å²) in [5.74, 6) is 0.810. The molecule has 1 aliphatic carbocycles. The highest BCUT2D eigenvalue weighted by Gasteiger charge is 2.29. The number of nitriles is 1. The Labute approximate surface area is 143 Å². The van der Waals surface area contributed by atoms with Crippen LogP contribution < -0.4 is 5.32 Å². The van der Waals surface area contributed by atoms with Crippen LogP contribution >= 0.6 is 11.6 Å². The molecule has 0 amide bonds. The van der Waals surface area contributed by atoms with Gasteiger partial charge in [0, 0.05) is 31.2 Å². The van der Waals surface area contributed by atoms with Gasteiger partial charge in [-0.05, 0) is 24.8 Å². The fourth-order valence-corrected chi connectivity index (χ4v) is 4.05. The average molecular weight is 331 g/mol. The smallest absolute Gasteiger partial charge is 0.149 e. The van der Waals surface area contributed by atoms with Crippen molar-refractivity contribution < 1.29 is 0 Å². The molecule has 4 nitrogen and oxygen atoms in total. The fraction of sp³-hybridized carbons (Fsp3) is 0.556. The molecule has 0 unspecified atom stereocenters. The fourth-order valence-electron chi connectivity index (χ4n) is 3.81. The molecule has 0 spiro atoms. The van der Waals surface area contributed by atoms with E-state index in [1.807, 2.05) is 6.08 Å². The molecule has 1 aromatic heterocycles. The van der Waals surface area contributed by atoms with Gasteiger partial charge in [-0.15, -0.1) is 6.58 Å². The molecule has 0 aromatic carbocycles. The van der Waals surface area contributed by atoms with Crippen LogP contribution in [0.15, 0.2) is 12.7 Å². The second-order valence-electron chi connectivity index (χ2n) is 6.38. The molecule has 23 heavy (non-hydrogen) atoms. The first-order valence-corrected chi connectivity index (χ1v) is 8.82. The van der Waals surface area contributed by atoms with Crippen molar-refractivity contribution in [3.63, 3.8) is 0 Å². The van der Waals surface area contributed by atoms with Crippen molar-refractivity contribution in [1.29, 1.82) is 5.26 Å². The molecule has 0 radical (unpaired) electrons. The van der Waals surface area contributed by atoms with E-state index < -0.39 is 0 Å². The second-order valence-corrected chi connectivity index (χ2v) is 6.74. The highest BCUT2D eigenvalue weighted by Crippen LogP contribution is 2.34. The number of pyridine rings is 1. The van der Waals surface area contributed by atoms with Gasteiger partial charge in [-0.3, -0.25) is 4.90 Å². The van der Waals surface area contributed by atoms with E-state index in [0.29, 0.717) is 23.3 Å². The highest BCUT2D eigenvalue weighted by atomic mass is 35.5. The third-order valence-electron chi connectivity index (χ3n) is 5.00. The highest BCUT2D eigenvalue weighted by molar-refractivity contribution is 6.30. The lowest BCUT2D eigenvalue weighted by Gasteiger charge is -2.38. The van der Waals surface area contributed by atoms with Gasteiger partial charge in [-0.25, -0.2) is 4.98 Å². The van der Waals surface area contributed by atoms with Crippen molar-refractivity contribution in [2.24, 2.45) is 0 Å². The maximum atomic E-state index is 9.43. The van der Waals surface area contributed by atoms with Crippen LogP contribution in [0.3, 0.4) is 0 Å². The number of hydrogen-bond donors (Lipinski definition) is 1. The van der Waals surface area contributed by atoms with Crippen molar-refractivity contribution in [2.45, 2.75) is 51.1 Å². The molecule has 2 aliphatic rings. The van der Waals surface area contributed by atoms with Gasteiger partial charge in [-0.1, -0.05) is 36.9 Å². The SMILES string of the molecule is C=CCNc1nc(Cl)c(C#N)c2c1CN(C1CCCCC1)CC2. The summed E-state index contributed by atoms with van der Waals surface area (Å²) in [4.78, 5) is 7.00. The number of fused-ring (bicyclic) bond motifs is 1. The van der Waals surface area contributed by atoms with Crippen LogP contribution in [0, 0.1) is 11.3 Å². The van der Waals surface area contributed by atoms with Crippen molar-refractivity contribution in [2.75, 3.05) is 18.4 Å². The average Bonchev–Trinajstić information content (AvgIpc) is 2.60. The Morgan fingerprint density at radius 1 is 1.35 bits per heavy atom. The van der Waals surface area contributed by atoms with Gasteiger partial charge in [-0.2, -0.15) is 5.26 Å². The third-order valence-corrected chi connectivity index (χ3v) is 5.27. The van der Waals surface area contributed by atoms with Gasteiger partial charge in [0.15, 0.2) is 0 Å². The lowest BCUT2D eigenvalue weighted by Crippen LogP contribution is -2.41. The summed E-state index contributed by atoms with van der Waals surface area (Å²) in [6, 6.07) is 2.91. The molecule has 1 aliphatic heterocycles. The minimum absolute atomic E-state index is 0.309. The summed E-state index contributed by atoms with van der Waals surface area (Å²) in [5, 5.41) is 13.0. The van der Waals surface area contributed by atoms with Crippen molar-refractivity contribution in [3.05, 3.63) is 34.5 Å². The Morgan fingerprint density at radius 2 is 2.13 bits per heavy atom. The number of halogens is 1. The predicted octanol–water partition coefficient (Wildman–Crippen LogP) is 3.90. The summed E-state index contributed by atoms with van der Waals surface area (Å²) in [5.41, 5.74) is 2.77. The maximum Gasteiger partial charge on any atom is 0.149 e. The Kier molecular flexibility index (Phi) is 5.20. The Balaban J connectivity index is 1.92. The van der Waals surface area contributed by atoms with Gasteiger partial charge < -0.3 is 5.32 Å². The summed E-state index contributed by atoms with van der Waals surface area (Å²) in [7, 11) is 0. The molecule has 1 aromatic rings. The predicted molar refractivity (Wildman–Crippen MR) is 93.6 cm³/mol. The Bertz CT molecular complexity index is 629. The molecule has 0 bridgehead atoms. The monoisotopic (exact) mass is 330 g/mol. The third kappa shape index (κ3) is 3.36. The minimum atomic E-state index is 0.309. The van der Waals surface area contributed by atoms with Crippen LogP contribution in [-0.4, -0.2) is 29.0 Å². The normalized spacial score (nSPS) is 19.0. The zero-order valence-electron chi connectivity index (χ0n) is 13.4. The van der Waals surface area contributed by atoms with Gasteiger partial charge in [0.05, 0.1) is 5.56 Å². The zero-order valence-corrected chi connectivity index (χ0v) is 14.2. The number of anilines is 1. The summed E-state index contributed by atoms with van der Waals surface area (Å²) in [6.45, 7) is 6.26. The van der Waals surface area contributed by atoms with E-state index in [0.717, 1.165) is 36.5 Å². The van der Waals surface area contributed by atoms with Gasteiger partial charge in [0.25, 0.3) is 0 Å². The van der Waals surface area contributed by atoms with Crippen molar-refractivity contribution in [3.8, 4) is 6.07 Å². The Morgan fingerprint density at radius 3 is 2.83 bits per heavy atom. The van der Waals surface area contributed by atoms with E-state index in [9.17, 15) is 5.26 Å². The van der Waals surface area contributed by atoms with Crippen LogP contribution in [0.4, 0.5) is 5.82 Å². The first-order chi connectivity index (χ1) is 11.2. The van der Waals surface area contributed by atoms with Crippen LogP contribution in [0.2, 0.25) is 5.15 Å². The molecule has 1 saturated carbocycles. The molecule has 0 atom stereocenters. The van der Waals surface area contributed by atoms with Crippen molar-refractivity contribution in [1.82, 2.24) is 9.88 Å². The van der Waals surface area contributed by atoms with Crippen LogP contribution in [0.1, 0.15) is 48.8 Å². The quantitative estimate of drug-likeness (QED) is 0.672. The number of nitrogens with zero attached hydrogens (tertiary/aromatic N) is 3. The van der Waals surface area contributed by atoms with E-state index in [-0.39, 0.29) is 0 Å². The summed E-state index contributed by atoms with van der Waals surface area (Å²) < 4.78 is 0. The van der Waals surface area contributed by atoms with Crippen LogP contribution in [0.5, 0.6) is 0 Å². The number of rotatable bonds is 4. The zero-order chi connectivity index (χ0) is 16.2. The van der Waals surface area contributed by atoms with E-state index >= 15 is 0 Å². The molecule has 2 heterocycles. The van der Waals surface area contributed by atoms with Crippen molar-refractivity contribution >= 4 is 17.4 Å². The molecule has 1 N–H and O–H groups in total. The first-order valence-electron chi connectivity index (χ1n) is 8.44. The molecule has 0 saturated heterocycles. The maximum absolute atomic E-state index is 9.43. The number of aromatic nitrogens is 1. The molecule has 122 valence electrons. The Hall–Kier alpha value is -1.57. The van der Waals surface area contributed by atoms with Gasteiger partial charge in [0.2, 0.25) is 0 Å². The van der Waals surface area contributed by atoms with E-state index in [1.165, 1.54) is 32.1 Å². The van der Waals surface area contributed by atoms with Crippen LogP contribution in [-0.2, 0) is 13.0 Å². The van der Waals surface area contributed by atoms with E-state index in [1.54, 1.807) is 0 Å². The largest absolute Gasteiger partial charge is 0.366 e. The molecule has 1 fully saturated rings. The standard InChI is InChI=1S/C18H23ClN4/c1-2-9-21-18-16-12-23(13-6-4-3-5-7-13)10-8-14(16)15(11-20)17(19)22-18/h2,13H,1,3-10,12H2,(H,21,22). The number of nitrogens with one attached hydrogen (secondary N) is 1. The van der Waals surface area contributed by atoms with E-state index in [2.05, 4.69) is 27.8 Å². The topological polar surface area (TPSA) is 52.0 Å². The molecule has 5 heteroatoms. The minimum Gasteiger partial charge on any atom is -0.366 e. The first kappa shape index (κ1) is 16.3. The molecule has 3 rings (SSSR count). The van der Waals surface area contributed by atoms with Gasteiger partial charge in [0.1, 0.15) is 17.0 Å².